The van der Waals surface area contributed by atoms with E-state index < -0.39 is 11.9 Å². The van der Waals surface area contributed by atoms with Crippen LogP contribution < -0.4 is 5.73 Å². The lowest BCUT2D eigenvalue weighted by Gasteiger charge is -2.10. The summed E-state index contributed by atoms with van der Waals surface area (Å²) < 4.78 is 38.8. The molecule has 20 heavy (non-hydrogen) atoms. The zero-order chi connectivity index (χ0) is 14.8. The monoisotopic (exact) mass is 319 g/mol. The number of nitrogens with zero attached hydrogens (tertiary/aromatic N) is 2. The van der Waals surface area contributed by atoms with E-state index in [9.17, 15) is 13.2 Å². The summed E-state index contributed by atoms with van der Waals surface area (Å²) in [6.07, 6.45) is -4.55. The minimum atomic E-state index is -4.55. The maximum atomic E-state index is 12.7. The minimum Gasteiger partial charge on any atom is -0.409 e. The molecule has 106 valence electrons. The van der Waals surface area contributed by atoms with Crippen molar-refractivity contribution >= 4 is 28.9 Å². The topological polar surface area (TPSA) is 71.5 Å². The lowest BCUT2D eigenvalue weighted by molar-refractivity contribution is -0.141. The highest BCUT2D eigenvalue weighted by molar-refractivity contribution is 8.01. The molecule has 0 amide bonds. The lowest BCUT2D eigenvalue weighted by Crippen LogP contribution is -2.17. The van der Waals surface area contributed by atoms with Gasteiger partial charge in [-0.3, -0.25) is 0 Å². The molecule has 0 unspecified atom stereocenters. The smallest absolute Gasteiger partial charge is 0.409 e. The van der Waals surface area contributed by atoms with Crippen LogP contribution in [0.4, 0.5) is 13.2 Å². The second-order valence-corrected chi connectivity index (χ2v) is 5.80. The van der Waals surface area contributed by atoms with Crippen molar-refractivity contribution in [2.45, 2.75) is 15.4 Å². The van der Waals surface area contributed by atoms with Gasteiger partial charge in [0.1, 0.15) is 10.7 Å². The summed E-state index contributed by atoms with van der Waals surface area (Å²) in [6.45, 7) is 0. The Kier molecular flexibility index (Phi) is 4.19. The molecule has 0 atom stereocenters. The fourth-order valence-corrected chi connectivity index (χ4v) is 3.15. The number of nitrogens with two attached hydrogens (primary N) is 1. The molecule has 0 saturated heterocycles. The molecule has 2 rings (SSSR count). The number of alkyl halides is 3. The van der Waals surface area contributed by atoms with Gasteiger partial charge < -0.3 is 10.9 Å². The number of halogens is 3. The van der Waals surface area contributed by atoms with E-state index in [1.54, 1.807) is 17.5 Å². The molecule has 0 aliphatic heterocycles. The highest BCUT2D eigenvalue weighted by Crippen LogP contribution is 2.35. The van der Waals surface area contributed by atoms with Crippen molar-refractivity contribution in [3.05, 3.63) is 40.9 Å². The zero-order valence-corrected chi connectivity index (χ0v) is 11.4. The fraction of sp³-hybridized carbons (Fsp3) is 0.0909. The van der Waals surface area contributed by atoms with Gasteiger partial charge in [0.2, 0.25) is 0 Å². The molecule has 0 radical (unpaired) electrons. The van der Waals surface area contributed by atoms with Crippen molar-refractivity contribution in [2.24, 2.45) is 10.9 Å². The Morgan fingerprint density at radius 3 is 2.65 bits per heavy atom. The van der Waals surface area contributed by atoms with Gasteiger partial charge in [-0.05, 0) is 23.6 Å². The SMILES string of the molecule is NC(=NO)c1ccc(C(F)(F)F)nc1Sc1cccs1. The Bertz CT molecular complexity index is 626. The van der Waals surface area contributed by atoms with Crippen LogP contribution in [-0.4, -0.2) is 16.0 Å². The molecule has 0 spiro atoms. The number of pyridine rings is 1. The quantitative estimate of drug-likeness (QED) is 0.394. The standard InChI is InChI=1S/C11H8F3N3OS2/c12-11(13,14)7-4-3-6(9(15)17-18)10(16-7)20-8-2-1-5-19-8/h1-5,18H,(H2,15,17). The van der Waals surface area contributed by atoms with E-state index in [4.69, 9.17) is 10.9 Å². The summed E-state index contributed by atoms with van der Waals surface area (Å²) >= 11 is 2.39. The Balaban J connectivity index is 2.48. The first-order chi connectivity index (χ1) is 9.41. The Hall–Kier alpha value is -1.74. The van der Waals surface area contributed by atoms with Crippen molar-refractivity contribution in [1.82, 2.24) is 4.98 Å². The van der Waals surface area contributed by atoms with Crippen molar-refractivity contribution in [3.8, 4) is 0 Å². The number of aromatic nitrogens is 1. The first-order valence-corrected chi connectivity index (χ1v) is 6.89. The molecule has 3 N–H and O–H groups in total. The van der Waals surface area contributed by atoms with Gasteiger partial charge in [-0.15, -0.1) is 11.3 Å². The predicted molar refractivity (Wildman–Crippen MR) is 70.2 cm³/mol. The summed E-state index contributed by atoms with van der Waals surface area (Å²) in [5.74, 6) is -0.287. The lowest BCUT2D eigenvalue weighted by atomic mass is 10.2. The third kappa shape index (κ3) is 3.23. The van der Waals surface area contributed by atoms with Crippen LogP contribution in [0.5, 0.6) is 0 Å². The normalized spacial score (nSPS) is 12.7. The van der Waals surface area contributed by atoms with Crippen molar-refractivity contribution < 1.29 is 18.4 Å². The summed E-state index contributed by atoms with van der Waals surface area (Å²) in [4.78, 5) is 3.56. The fourth-order valence-electron chi connectivity index (χ4n) is 1.34. The van der Waals surface area contributed by atoms with E-state index >= 15 is 0 Å². The number of amidine groups is 1. The molecule has 0 aliphatic carbocycles. The predicted octanol–water partition coefficient (Wildman–Crippen LogP) is 3.41. The van der Waals surface area contributed by atoms with Crippen LogP contribution >= 0.6 is 23.1 Å². The van der Waals surface area contributed by atoms with Gasteiger partial charge in [-0.2, -0.15) is 13.2 Å². The van der Waals surface area contributed by atoms with Crippen LogP contribution in [0.2, 0.25) is 0 Å². The molecule has 0 fully saturated rings. The molecule has 2 heterocycles. The van der Waals surface area contributed by atoms with Gasteiger partial charge in [0, 0.05) is 0 Å². The molecule has 0 bridgehead atoms. The number of oxime groups is 1. The molecule has 0 aromatic carbocycles. The summed E-state index contributed by atoms with van der Waals surface area (Å²) in [6, 6.07) is 5.45. The molecule has 2 aromatic heterocycles. The highest BCUT2D eigenvalue weighted by atomic mass is 32.2. The van der Waals surface area contributed by atoms with Gasteiger partial charge in [0.05, 0.1) is 9.77 Å². The molecule has 0 saturated carbocycles. The van der Waals surface area contributed by atoms with Crippen LogP contribution in [0.1, 0.15) is 11.3 Å². The number of hydrogen-bond donors (Lipinski definition) is 2. The van der Waals surface area contributed by atoms with Gasteiger partial charge in [0.15, 0.2) is 5.84 Å². The van der Waals surface area contributed by atoms with Crippen molar-refractivity contribution in [2.75, 3.05) is 0 Å². The Morgan fingerprint density at radius 1 is 1.35 bits per heavy atom. The van der Waals surface area contributed by atoms with E-state index in [0.717, 1.165) is 28.1 Å². The largest absolute Gasteiger partial charge is 0.433 e. The molecule has 9 heteroatoms. The van der Waals surface area contributed by atoms with E-state index in [1.165, 1.54) is 11.3 Å². The summed E-state index contributed by atoms with van der Waals surface area (Å²) in [5, 5.41) is 13.3. The van der Waals surface area contributed by atoms with Gasteiger partial charge in [-0.1, -0.05) is 23.0 Å². The number of thiophene rings is 1. The van der Waals surface area contributed by atoms with E-state index in [2.05, 4.69) is 10.1 Å². The second-order valence-electron chi connectivity index (χ2n) is 3.57. The number of rotatable bonds is 3. The summed E-state index contributed by atoms with van der Waals surface area (Å²) in [7, 11) is 0. The van der Waals surface area contributed by atoms with E-state index in [1.807, 2.05) is 0 Å². The molecular formula is C11H8F3N3OS2. The highest BCUT2D eigenvalue weighted by Gasteiger charge is 2.33. The van der Waals surface area contributed by atoms with Gasteiger partial charge in [-0.25, -0.2) is 4.98 Å². The second kappa shape index (κ2) is 5.71. The Labute approximate surface area is 120 Å². The van der Waals surface area contributed by atoms with E-state index in [-0.39, 0.29) is 16.4 Å². The van der Waals surface area contributed by atoms with Crippen LogP contribution in [0.25, 0.3) is 0 Å². The molecule has 4 nitrogen and oxygen atoms in total. The van der Waals surface area contributed by atoms with Crippen LogP contribution in [0.3, 0.4) is 0 Å². The van der Waals surface area contributed by atoms with Gasteiger partial charge in [0.25, 0.3) is 0 Å². The average Bonchev–Trinajstić information content (AvgIpc) is 2.89. The Morgan fingerprint density at radius 2 is 2.10 bits per heavy atom. The molecule has 2 aromatic rings. The molecule has 0 aliphatic rings. The maximum absolute atomic E-state index is 12.7. The van der Waals surface area contributed by atoms with E-state index in [0.29, 0.717) is 0 Å². The zero-order valence-electron chi connectivity index (χ0n) is 9.76. The van der Waals surface area contributed by atoms with Crippen LogP contribution in [0, 0.1) is 0 Å². The summed E-state index contributed by atoms with van der Waals surface area (Å²) in [5.41, 5.74) is 4.58. The van der Waals surface area contributed by atoms with Crippen LogP contribution in [-0.2, 0) is 6.18 Å². The third-order valence-electron chi connectivity index (χ3n) is 2.23. The maximum Gasteiger partial charge on any atom is 0.433 e. The minimum absolute atomic E-state index is 0.0394. The first-order valence-electron chi connectivity index (χ1n) is 5.19. The first kappa shape index (κ1) is 14.7. The molecular weight excluding hydrogens is 311 g/mol. The third-order valence-corrected chi connectivity index (χ3v) is 4.27. The van der Waals surface area contributed by atoms with Crippen LogP contribution in [0.15, 0.2) is 44.0 Å². The van der Waals surface area contributed by atoms with Crippen molar-refractivity contribution in [1.29, 1.82) is 0 Å². The van der Waals surface area contributed by atoms with Gasteiger partial charge >= 0.3 is 6.18 Å². The number of hydrogen-bond acceptors (Lipinski definition) is 5. The van der Waals surface area contributed by atoms with Crippen molar-refractivity contribution in [3.63, 3.8) is 0 Å². The average molecular weight is 319 g/mol.